The van der Waals surface area contributed by atoms with Crippen molar-refractivity contribution in [2.24, 2.45) is 18.9 Å². The van der Waals surface area contributed by atoms with Crippen molar-refractivity contribution in [3.8, 4) is 0 Å². The maximum Gasteiger partial charge on any atom is 0.306 e. The van der Waals surface area contributed by atoms with Crippen molar-refractivity contribution in [1.82, 2.24) is 20.1 Å². The van der Waals surface area contributed by atoms with Crippen molar-refractivity contribution in [2.45, 2.75) is 38.6 Å². The second-order valence-corrected chi connectivity index (χ2v) is 5.42. The Balaban J connectivity index is 1.87. The van der Waals surface area contributed by atoms with E-state index in [9.17, 15) is 9.59 Å². The van der Waals surface area contributed by atoms with Gasteiger partial charge in [0.2, 0.25) is 5.91 Å². The molecule has 0 saturated heterocycles. The van der Waals surface area contributed by atoms with E-state index in [-0.39, 0.29) is 23.8 Å². The molecule has 1 atom stereocenters. The van der Waals surface area contributed by atoms with Gasteiger partial charge in [0.1, 0.15) is 6.33 Å². The fraction of sp³-hybridized carbons (Fsp3) is 0.692. The third kappa shape index (κ3) is 3.15. The molecule has 2 N–H and O–H groups in total. The molecule has 1 saturated carbocycles. The zero-order valence-corrected chi connectivity index (χ0v) is 11.7. The van der Waals surface area contributed by atoms with E-state index in [0.29, 0.717) is 31.5 Å². The molecule has 2 rings (SSSR count). The molecule has 1 aromatic heterocycles. The molecule has 1 unspecified atom stereocenters. The number of aryl methyl sites for hydroxylation is 1. The molecule has 0 spiro atoms. The molecule has 1 amide bonds. The number of aliphatic carboxylic acids is 1. The van der Waals surface area contributed by atoms with Gasteiger partial charge in [-0.25, -0.2) is 0 Å². The number of hydrogen-bond acceptors (Lipinski definition) is 4. The van der Waals surface area contributed by atoms with Crippen LogP contribution in [-0.4, -0.2) is 31.7 Å². The first-order valence-corrected chi connectivity index (χ1v) is 6.86. The lowest BCUT2D eigenvalue weighted by Gasteiger charge is -2.26. The van der Waals surface area contributed by atoms with Gasteiger partial charge in [-0.2, -0.15) is 0 Å². The van der Waals surface area contributed by atoms with Crippen LogP contribution in [0.2, 0.25) is 0 Å². The topological polar surface area (TPSA) is 97.1 Å². The van der Waals surface area contributed by atoms with Gasteiger partial charge in [-0.1, -0.05) is 0 Å². The number of amides is 1. The minimum Gasteiger partial charge on any atom is -0.481 e. The summed E-state index contributed by atoms with van der Waals surface area (Å²) in [5, 5.41) is 19.6. The van der Waals surface area contributed by atoms with Crippen LogP contribution in [0.1, 0.15) is 44.5 Å². The van der Waals surface area contributed by atoms with Crippen LogP contribution in [0.3, 0.4) is 0 Å². The van der Waals surface area contributed by atoms with Gasteiger partial charge in [-0.05, 0) is 32.6 Å². The summed E-state index contributed by atoms with van der Waals surface area (Å²) >= 11 is 0. The molecule has 7 heteroatoms. The lowest BCUT2D eigenvalue weighted by atomic mass is 9.81. The minimum atomic E-state index is -0.753. The van der Waals surface area contributed by atoms with Crippen LogP contribution >= 0.6 is 0 Å². The van der Waals surface area contributed by atoms with Crippen molar-refractivity contribution in [2.75, 3.05) is 0 Å². The average molecular weight is 280 g/mol. The molecule has 0 aliphatic heterocycles. The SMILES string of the molecule is CC(NC(=O)C1CCC(C(=O)O)CC1)c1nncn1C. The number of carboxylic acid groups (broad SMARTS) is 1. The summed E-state index contributed by atoms with van der Waals surface area (Å²) in [6.07, 6.45) is 4.01. The van der Waals surface area contributed by atoms with Crippen molar-refractivity contribution < 1.29 is 14.7 Å². The molecule has 0 bridgehead atoms. The highest BCUT2D eigenvalue weighted by Gasteiger charge is 2.30. The normalized spacial score (nSPS) is 24.1. The molecule has 0 aromatic carbocycles. The third-order valence-electron chi connectivity index (χ3n) is 3.94. The first-order chi connectivity index (χ1) is 9.49. The Hall–Kier alpha value is -1.92. The second-order valence-electron chi connectivity index (χ2n) is 5.42. The average Bonchev–Trinajstić information content (AvgIpc) is 2.85. The van der Waals surface area contributed by atoms with Crippen LogP contribution in [0.5, 0.6) is 0 Å². The van der Waals surface area contributed by atoms with E-state index in [1.165, 1.54) is 0 Å². The molecule has 20 heavy (non-hydrogen) atoms. The van der Waals surface area contributed by atoms with Crippen molar-refractivity contribution in [1.29, 1.82) is 0 Å². The number of carbonyl (C=O) groups is 2. The largest absolute Gasteiger partial charge is 0.481 e. The molecular formula is C13H20N4O3. The Labute approximate surface area is 117 Å². The summed E-state index contributed by atoms with van der Waals surface area (Å²) in [6, 6.07) is -0.202. The molecular weight excluding hydrogens is 260 g/mol. The van der Waals surface area contributed by atoms with Crippen LogP contribution in [0.4, 0.5) is 0 Å². The van der Waals surface area contributed by atoms with Crippen LogP contribution in [0, 0.1) is 11.8 Å². The monoisotopic (exact) mass is 280 g/mol. The number of hydrogen-bond donors (Lipinski definition) is 2. The van der Waals surface area contributed by atoms with E-state index in [1.807, 2.05) is 14.0 Å². The van der Waals surface area contributed by atoms with E-state index < -0.39 is 5.97 Å². The minimum absolute atomic E-state index is 0.0238. The van der Waals surface area contributed by atoms with E-state index in [4.69, 9.17) is 5.11 Å². The highest BCUT2D eigenvalue weighted by molar-refractivity contribution is 5.79. The van der Waals surface area contributed by atoms with Gasteiger partial charge in [0.25, 0.3) is 0 Å². The zero-order valence-electron chi connectivity index (χ0n) is 11.7. The van der Waals surface area contributed by atoms with Gasteiger partial charge in [-0.3, -0.25) is 9.59 Å². The number of aromatic nitrogens is 3. The molecule has 0 radical (unpaired) electrons. The van der Waals surface area contributed by atoms with E-state index in [2.05, 4.69) is 15.5 Å². The molecule has 1 fully saturated rings. The summed E-state index contributed by atoms with van der Waals surface area (Å²) in [6.45, 7) is 1.87. The van der Waals surface area contributed by atoms with Gasteiger partial charge in [0.15, 0.2) is 5.82 Å². The van der Waals surface area contributed by atoms with E-state index in [1.54, 1.807) is 10.9 Å². The lowest BCUT2D eigenvalue weighted by Crippen LogP contribution is -2.36. The Morgan fingerprint density at radius 3 is 2.45 bits per heavy atom. The van der Waals surface area contributed by atoms with Crippen LogP contribution < -0.4 is 5.32 Å². The highest BCUT2D eigenvalue weighted by atomic mass is 16.4. The quantitative estimate of drug-likeness (QED) is 0.853. The number of rotatable bonds is 4. The van der Waals surface area contributed by atoms with Crippen molar-refractivity contribution >= 4 is 11.9 Å². The number of nitrogens with one attached hydrogen (secondary N) is 1. The molecule has 1 heterocycles. The molecule has 7 nitrogen and oxygen atoms in total. The maximum atomic E-state index is 12.2. The molecule has 1 aromatic rings. The van der Waals surface area contributed by atoms with Gasteiger partial charge < -0.3 is 15.0 Å². The number of carboxylic acids is 1. The first-order valence-electron chi connectivity index (χ1n) is 6.86. The predicted molar refractivity (Wildman–Crippen MR) is 70.6 cm³/mol. The summed E-state index contributed by atoms with van der Waals surface area (Å²) in [7, 11) is 1.83. The molecule has 1 aliphatic rings. The van der Waals surface area contributed by atoms with E-state index in [0.717, 1.165) is 0 Å². The summed E-state index contributed by atoms with van der Waals surface area (Å²) in [5.74, 6) is -0.463. The summed E-state index contributed by atoms with van der Waals surface area (Å²) < 4.78 is 1.77. The standard InChI is InChI=1S/C13H20N4O3/c1-8(11-16-14-7-17(11)2)15-12(18)9-3-5-10(6-4-9)13(19)20/h7-10H,3-6H2,1-2H3,(H,15,18)(H,19,20). The molecule has 1 aliphatic carbocycles. The van der Waals surface area contributed by atoms with Crippen molar-refractivity contribution in [3.05, 3.63) is 12.2 Å². The first kappa shape index (κ1) is 14.5. The van der Waals surface area contributed by atoms with Crippen LogP contribution in [0.25, 0.3) is 0 Å². The zero-order chi connectivity index (χ0) is 14.7. The van der Waals surface area contributed by atoms with Crippen molar-refractivity contribution in [3.63, 3.8) is 0 Å². The summed E-state index contributed by atoms with van der Waals surface area (Å²) in [5.41, 5.74) is 0. The second kappa shape index (κ2) is 6.02. The van der Waals surface area contributed by atoms with Gasteiger partial charge in [-0.15, -0.1) is 10.2 Å². The lowest BCUT2D eigenvalue weighted by molar-refractivity contribution is -0.144. The smallest absolute Gasteiger partial charge is 0.306 e. The highest BCUT2D eigenvalue weighted by Crippen LogP contribution is 2.29. The van der Waals surface area contributed by atoms with Gasteiger partial charge in [0, 0.05) is 13.0 Å². The Morgan fingerprint density at radius 2 is 1.95 bits per heavy atom. The molecule has 110 valence electrons. The van der Waals surface area contributed by atoms with Crippen LogP contribution in [0.15, 0.2) is 6.33 Å². The number of nitrogens with zero attached hydrogens (tertiary/aromatic N) is 3. The van der Waals surface area contributed by atoms with E-state index >= 15 is 0 Å². The fourth-order valence-electron chi connectivity index (χ4n) is 2.68. The van der Waals surface area contributed by atoms with Crippen LogP contribution in [-0.2, 0) is 16.6 Å². The third-order valence-corrected chi connectivity index (χ3v) is 3.94. The fourth-order valence-corrected chi connectivity index (χ4v) is 2.68. The van der Waals surface area contributed by atoms with Gasteiger partial charge >= 0.3 is 5.97 Å². The van der Waals surface area contributed by atoms with Gasteiger partial charge in [0.05, 0.1) is 12.0 Å². The summed E-state index contributed by atoms with van der Waals surface area (Å²) in [4.78, 5) is 23.1. The number of carbonyl (C=O) groups excluding carboxylic acids is 1. The maximum absolute atomic E-state index is 12.2. The Morgan fingerprint density at radius 1 is 1.35 bits per heavy atom. The predicted octanol–water partition coefficient (Wildman–Crippen LogP) is 0.883. The Bertz CT molecular complexity index is 492. The Kier molecular flexibility index (Phi) is 4.36.